The molecule has 0 unspecified atom stereocenters. The van der Waals surface area contributed by atoms with Gasteiger partial charge in [0.2, 0.25) is 0 Å². The van der Waals surface area contributed by atoms with Crippen molar-refractivity contribution in [3.63, 3.8) is 0 Å². The van der Waals surface area contributed by atoms with E-state index in [2.05, 4.69) is 33.9 Å². The average Bonchev–Trinajstić information content (AvgIpc) is 2.64. The smallest absolute Gasteiger partial charge is 0.321 e. The Morgan fingerprint density at radius 3 is 2.44 bits per heavy atom. The fraction of sp³-hybridized carbons (Fsp3) is 0.833. The lowest BCUT2D eigenvalue weighted by Gasteiger charge is -2.39. The summed E-state index contributed by atoms with van der Waals surface area (Å²) in [4.78, 5) is 36.7. The van der Waals surface area contributed by atoms with Crippen LogP contribution in [0, 0.1) is 11.8 Å². The minimum absolute atomic E-state index is 0.0174. The highest BCUT2D eigenvalue weighted by atomic mass is 28.4. The molecule has 2 aliphatic rings. The highest BCUT2D eigenvalue weighted by Gasteiger charge is 2.53. The van der Waals surface area contributed by atoms with Crippen LogP contribution in [0.25, 0.3) is 0 Å². The van der Waals surface area contributed by atoms with Crippen LogP contribution in [0.15, 0.2) is 0 Å². The van der Waals surface area contributed by atoms with Gasteiger partial charge in [-0.1, -0.05) is 20.8 Å². The van der Waals surface area contributed by atoms with Crippen LogP contribution in [-0.2, 0) is 28.3 Å². The van der Waals surface area contributed by atoms with Crippen LogP contribution in [0.1, 0.15) is 47.0 Å². The predicted molar refractivity (Wildman–Crippen MR) is 94.4 cm³/mol. The Morgan fingerprint density at radius 2 is 1.88 bits per heavy atom. The third kappa shape index (κ3) is 4.31. The van der Waals surface area contributed by atoms with Gasteiger partial charge in [0.15, 0.2) is 14.2 Å². The molecule has 0 spiro atoms. The minimum atomic E-state index is -2.04. The van der Waals surface area contributed by atoms with E-state index in [1.54, 1.807) is 6.92 Å². The number of carbonyl (C=O) groups is 3. The molecular formula is C18H30O6Si. The minimum Gasteiger partial charge on any atom is -0.465 e. The maximum absolute atomic E-state index is 12.4. The molecule has 25 heavy (non-hydrogen) atoms. The van der Waals surface area contributed by atoms with Crippen molar-refractivity contribution in [3.8, 4) is 0 Å². The van der Waals surface area contributed by atoms with Crippen molar-refractivity contribution in [1.82, 2.24) is 0 Å². The lowest BCUT2D eigenvalue weighted by molar-refractivity contribution is -0.157. The monoisotopic (exact) mass is 370 g/mol. The molecule has 0 aromatic heterocycles. The largest absolute Gasteiger partial charge is 0.465 e. The summed E-state index contributed by atoms with van der Waals surface area (Å²) in [5.74, 6) is -2.57. The first kappa shape index (κ1) is 20.1. The molecule has 7 heteroatoms. The van der Waals surface area contributed by atoms with Gasteiger partial charge in [0.25, 0.3) is 0 Å². The fourth-order valence-corrected chi connectivity index (χ4v) is 4.67. The number of hydrogen-bond donors (Lipinski definition) is 0. The zero-order chi connectivity index (χ0) is 19.0. The SMILES string of the molecule is CCOC(=O)[C@H]1C(=O)O[C@H]2C[C@@H](O[Si](C)(C)C(C)(C)C)CC(=O)C[C@H]12. The quantitative estimate of drug-likeness (QED) is 0.430. The molecule has 0 bridgehead atoms. The standard InChI is InChI=1S/C18H30O6Si/c1-7-22-16(20)15-13-9-11(19)8-12(10-14(13)23-17(15)21)24-25(5,6)18(2,3)4/h12-15H,7-10H2,1-6H3/t12-,13-,14-,15-/m0/s1. The average molecular weight is 371 g/mol. The molecule has 6 nitrogen and oxygen atoms in total. The Hall–Kier alpha value is -1.21. The molecule has 1 saturated heterocycles. The molecule has 142 valence electrons. The van der Waals surface area contributed by atoms with Crippen molar-refractivity contribution >= 4 is 26.0 Å². The second-order valence-electron chi connectivity index (χ2n) is 8.55. The maximum Gasteiger partial charge on any atom is 0.321 e. The molecule has 0 amide bonds. The summed E-state index contributed by atoms with van der Waals surface area (Å²) in [6.07, 6.45) is 0.217. The molecule has 0 aromatic carbocycles. The van der Waals surface area contributed by atoms with E-state index in [9.17, 15) is 14.4 Å². The topological polar surface area (TPSA) is 78.9 Å². The van der Waals surface area contributed by atoms with Crippen molar-refractivity contribution in [3.05, 3.63) is 0 Å². The molecule has 2 fully saturated rings. The van der Waals surface area contributed by atoms with Gasteiger partial charge in [-0.3, -0.25) is 14.4 Å². The van der Waals surface area contributed by atoms with E-state index in [0.717, 1.165) is 0 Å². The second-order valence-corrected chi connectivity index (χ2v) is 13.3. The molecule has 4 atom stereocenters. The molecule has 0 aromatic rings. The molecule has 0 N–H and O–H groups in total. The lowest BCUT2D eigenvalue weighted by atomic mass is 9.86. The summed E-state index contributed by atoms with van der Waals surface area (Å²) in [6, 6.07) is 0. The van der Waals surface area contributed by atoms with Crippen LogP contribution in [-0.4, -0.2) is 44.9 Å². The number of ether oxygens (including phenoxy) is 2. The number of rotatable bonds is 4. The van der Waals surface area contributed by atoms with Gasteiger partial charge in [0, 0.05) is 25.2 Å². The number of ketones is 1. The van der Waals surface area contributed by atoms with Crippen molar-refractivity contribution in [1.29, 1.82) is 0 Å². The second kappa shape index (κ2) is 7.19. The Bertz CT molecular complexity index is 550. The van der Waals surface area contributed by atoms with E-state index >= 15 is 0 Å². The molecular weight excluding hydrogens is 340 g/mol. The van der Waals surface area contributed by atoms with E-state index in [4.69, 9.17) is 13.9 Å². The fourth-order valence-electron chi connectivity index (χ4n) is 3.30. The lowest BCUT2D eigenvalue weighted by Crippen LogP contribution is -2.44. The Morgan fingerprint density at radius 1 is 1.24 bits per heavy atom. The normalized spacial score (nSPS) is 30.5. The molecule has 1 heterocycles. The van der Waals surface area contributed by atoms with Crippen LogP contribution in [0.4, 0.5) is 0 Å². The summed E-state index contributed by atoms with van der Waals surface area (Å²) in [7, 11) is -2.04. The van der Waals surface area contributed by atoms with Gasteiger partial charge in [-0.15, -0.1) is 0 Å². The van der Waals surface area contributed by atoms with Gasteiger partial charge in [-0.05, 0) is 25.1 Å². The highest BCUT2D eigenvalue weighted by molar-refractivity contribution is 6.74. The van der Waals surface area contributed by atoms with Crippen molar-refractivity contribution in [2.45, 2.75) is 77.3 Å². The molecule has 1 saturated carbocycles. The van der Waals surface area contributed by atoms with Gasteiger partial charge in [0.1, 0.15) is 11.9 Å². The first-order chi connectivity index (χ1) is 11.5. The number of carbonyl (C=O) groups excluding carboxylic acids is 3. The van der Waals surface area contributed by atoms with E-state index in [1.807, 2.05) is 0 Å². The van der Waals surface area contributed by atoms with Crippen molar-refractivity contribution in [2.75, 3.05) is 6.61 Å². The Kier molecular flexibility index (Phi) is 5.78. The molecule has 1 aliphatic heterocycles. The van der Waals surface area contributed by atoms with Crippen molar-refractivity contribution < 1.29 is 28.3 Å². The van der Waals surface area contributed by atoms with Gasteiger partial charge in [0.05, 0.1) is 12.7 Å². The zero-order valence-electron chi connectivity index (χ0n) is 16.1. The Labute approximate surface area is 150 Å². The van der Waals surface area contributed by atoms with E-state index in [0.29, 0.717) is 12.8 Å². The first-order valence-electron chi connectivity index (χ1n) is 9.03. The van der Waals surface area contributed by atoms with E-state index < -0.39 is 38.2 Å². The van der Waals surface area contributed by atoms with E-state index in [-0.39, 0.29) is 30.0 Å². The van der Waals surface area contributed by atoms with E-state index in [1.165, 1.54) is 0 Å². The summed E-state index contributed by atoms with van der Waals surface area (Å²) >= 11 is 0. The van der Waals surface area contributed by atoms with Crippen LogP contribution >= 0.6 is 0 Å². The van der Waals surface area contributed by atoms with Gasteiger partial charge in [-0.25, -0.2) is 0 Å². The first-order valence-corrected chi connectivity index (χ1v) is 11.9. The summed E-state index contributed by atoms with van der Waals surface area (Å²) in [6.45, 7) is 12.6. The van der Waals surface area contributed by atoms with Gasteiger partial charge >= 0.3 is 11.9 Å². The summed E-state index contributed by atoms with van der Waals surface area (Å²) in [5, 5.41) is 0.0293. The number of hydrogen-bond acceptors (Lipinski definition) is 6. The Balaban J connectivity index is 2.17. The summed E-state index contributed by atoms with van der Waals surface area (Å²) < 4.78 is 16.8. The van der Waals surface area contributed by atoms with Crippen LogP contribution < -0.4 is 0 Å². The molecule has 2 rings (SSSR count). The third-order valence-corrected chi connectivity index (χ3v) is 10.2. The van der Waals surface area contributed by atoms with Gasteiger partial charge in [-0.2, -0.15) is 0 Å². The van der Waals surface area contributed by atoms with Crippen LogP contribution in [0.2, 0.25) is 18.1 Å². The number of esters is 2. The number of fused-ring (bicyclic) bond motifs is 1. The van der Waals surface area contributed by atoms with Gasteiger partial charge < -0.3 is 13.9 Å². The van der Waals surface area contributed by atoms with Crippen LogP contribution in [0.5, 0.6) is 0 Å². The third-order valence-electron chi connectivity index (χ3n) is 5.65. The van der Waals surface area contributed by atoms with Crippen LogP contribution in [0.3, 0.4) is 0 Å². The maximum atomic E-state index is 12.4. The summed E-state index contributed by atoms with van der Waals surface area (Å²) in [5.41, 5.74) is 0. The number of Topliss-reactive ketones (excluding diaryl/α,β-unsaturated/α-hetero) is 1. The molecule has 1 aliphatic carbocycles. The highest BCUT2D eigenvalue weighted by Crippen LogP contribution is 2.42. The molecule has 0 radical (unpaired) electrons. The zero-order valence-corrected chi connectivity index (χ0v) is 17.1. The predicted octanol–water partition coefficient (Wildman–Crippen LogP) is 2.85. The van der Waals surface area contributed by atoms with Crippen molar-refractivity contribution in [2.24, 2.45) is 11.8 Å².